The molecular formula is C28H25ClF3N3O3S. The summed E-state index contributed by atoms with van der Waals surface area (Å²) in [5.74, 6) is 0. The zero-order chi connectivity index (χ0) is 27.8. The number of sulfone groups is 1. The zero-order valence-corrected chi connectivity index (χ0v) is 22.5. The molecular weight excluding hydrogens is 551 g/mol. The van der Waals surface area contributed by atoms with Crippen LogP contribution >= 0.6 is 11.6 Å². The van der Waals surface area contributed by atoms with Crippen LogP contribution in [0.2, 0.25) is 5.02 Å². The molecule has 1 fully saturated rings. The number of aromatic nitrogens is 2. The van der Waals surface area contributed by atoms with E-state index < -0.39 is 21.7 Å². The molecule has 0 atom stereocenters. The Morgan fingerprint density at radius 1 is 0.949 bits per heavy atom. The SMILES string of the molecule is CS(=O)(=O)c1cccc(-c2ccc(-c3cc(C(F)(F)F)nn3-c3ccccc3Cl)cc2CN2CCOCC2)c1. The lowest BCUT2D eigenvalue weighted by Crippen LogP contribution is -2.35. The molecule has 1 aliphatic rings. The fourth-order valence-corrected chi connectivity index (χ4v) is 5.47. The molecule has 0 unspecified atom stereocenters. The number of alkyl halides is 3. The molecule has 204 valence electrons. The molecule has 6 nitrogen and oxygen atoms in total. The quantitative estimate of drug-likeness (QED) is 0.277. The highest BCUT2D eigenvalue weighted by molar-refractivity contribution is 7.90. The highest BCUT2D eigenvalue weighted by Crippen LogP contribution is 2.37. The lowest BCUT2D eigenvalue weighted by molar-refractivity contribution is -0.141. The number of rotatable bonds is 6. The summed E-state index contributed by atoms with van der Waals surface area (Å²) >= 11 is 6.35. The fourth-order valence-electron chi connectivity index (χ4n) is 4.59. The first-order valence-corrected chi connectivity index (χ1v) is 14.4. The van der Waals surface area contributed by atoms with Crippen molar-refractivity contribution in [2.45, 2.75) is 17.6 Å². The molecule has 1 aliphatic heterocycles. The van der Waals surface area contributed by atoms with Gasteiger partial charge in [-0.05, 0) is 53.1 Å². The molecule has 11 heteroatoms. The minimum atomic E-state index is -4.65. The summed E-state index contributed by atoms with van der Waals surface area (Å²) in [5.41, 5.74) is 2.36. The van der Waals surface area contributed by atoms with Crippen LogP contribution in [0.4, 0.5) is 13.2 Å². The highest BCUT2D eigenvalue weighted by Gasteiger charge is 2.35. The van der Waals surface area contributed by atoms with Crippen molar-refractivity contribution in [1.29, 1.82) is 0 Å². The van der Waals surface area contributed by atoms with Gasteiger partial charge in [0.05, 0.1) is 34.5 Å². The Morgan fingerprint density at radius 2 is 1.69 bits per heavy atom. The van der Waals surface area contributed by atoms with Crippen LogP contribution in [-0.2, 0) is 27.3 Å². The van der Waals surface area contributed by atoms with E-state index in [1.165, 1.54) is 10.7 Å². The van der Waals surface area contributed by atoms with E-state index in [-0.39, 0.29) is 15.6 Å². The van der Waals surface area contributed by atoms with E-state index in [1.807, 2.05) is 18.2 Å². The Morgan fingerprint density at radius 3 is 2.38 bits per heavy atom. The van der Waals surface area contributed by atoms with Gasteiger partial charge in [0.1, 0.15) is 0 Å². The second-order valence-corrected chi connectivity index (χ2v) is 11.8. The molecule has 0 radical (unpaired) electrons. The van der Waals surface area contributed by atoms with Crippen LogP contribution in [-0.4, -0.2) is 55.7 Å². The number of ether oxygens (including phenoxy) is 1. The number of morpholine rings is 1. The summed E-state index contributed by atoms with van der Waals surface area (Å²) in [7, 11) is -3.43. The molecule has 1 aromatic heterocycles. The molecule has 0 saturated carbocycles. The molecule has 0 bridgehead atoms. The van der Waals surface area contributed by atoms with Gasteiger partial charge in [0, 0.05) is 31.5 Å². The van der Waals surface area contributed by atoms with Crippen LogP contribution in [0.15, 0.2) is 77.7 Å². The van der Waals surface area contributed by atoms with Crippen LogP contribution in [0.3, 0.4) is 0 Å². The van der Waals surface area contributed by atoms with E-state index in [1.54, 1.807) is 42.5 Å². The third kappa shape index (κ3) is 6.04. The summed E-state index contributed by atoms with van der Waals surface area (Å²) in [6.45, 7) is 3.05. The molecule has 0 N–H and O–H groups in total. The third-order valence-corrected chi connectivity index (χ3v) is 7.98. The van der Waals surface area contributed by atoms with Crippen molar-refractivity contribution in [3.8, 4) is 28.1 Å². The van der Waals surface area contributed by atoms with Crippen LogP contribution in [0.5, 0.6) is 0 Å². The zero-order valence-electron chi connectivity index (χ0n) is 21.0. The van der Waals surface area contributed by atoms with E-state index >= 15 is 0 Å². The first kappa shape index (κ1) is 27.4. The largest absolute Gasteiger partial charge is 0.435 e. The number of halogens is 4. The summed E-state index contributed by atoms with van der Waals surface area (Å²) in [6.07, 6.45) is -3.50. The number of para-hydroxylation sites is 1. The average molecular weight is 576 g/mol. The molecule has 4 aromatic rings. The summed E-state index contributed by atoms with van der Waals surface area (Å²) in [5, 5.41) is 4.13. The predicted octanol–water partition coefficient (Wildman–Crippen LogP) is 6.11. The van der Waals surface area contributed by atoms with Crippen molar-refractivity contribution in [3.05, 3.63) is 89.1 Å². The molecule has 0 spiro atoms. The van der Waals surface area contributed by atoms with Crippen molar-refractivity contribution in [2.75, 3.05) is 32.6 Å². The average Bonchev–Trinajstić information content (AvgIpc) is 3.35. The smallest absolute Gasteiger partial charge is 0.379 e. The lowest BCUT2D eigenvalue weighted by Gasteiger charge is -2.28. The second-order valence-electron chi connectivity index (χ2n) is 9.34. The molecule has 0 amide bonds. The lowest BCUT2D eigenvalue weighted by atomic mass is 9.95. The Labute approximate surface area is 229 Å². The van der Waals surface area contributed by atoms with Gasteiger partial charge in [0.25, 0.3) is 0 Å². The maximum Gasteiger partial charge on any atom is 0.435 e. The van der Waals surface area contributed by atoms with Crippen molar-refractivity contribution in [1.82, 2.24) is 14.7 Å². The Hall–Kier alpha value is -3.18. The van der Waals surface area contributed by atoms with Crippen LogP contribution in [0.25, 0.3) is 28.1 Å². The summed E-state index contributed by atoms with van der Waals surface area (Å²) < 4.78 is 72.3. The third-order valence-electron chi connectivity index (χ3n) is 6.55. The Balaban J connectivity index is 1.67. The number of benzene rings is 3. The highest BCUT2D eigenvalue weighted by atomic mass is 35.5. The number of nitrogens with zero attached hydrogens (tertiary/aromatic N) is 3. The van der Waals surface area contributed by atoms with Gasteiger partial charge < -0.3 is 4.74 Å². The van der Waals surface area contributed by atoms with Gasteiger partial charge in [0.15, 0.2) is 15.5 Å². The van der Waals surface area contributed by atoms with Gasteiger partial charge in [0.2, 0.25) is 0 Å². The predicted molar refractivity (Wildman–Crippen MR) is 144 cm³/mol. The molecule has 3 aromatic carbocycles. The van der Waals surface area contributed by atoms with Gasteiger partial charge in [-0.3, -0.25) is 4.90 Å². The van der Waals surface area contributed by atoms with E-state index in [0.29, 0.717) is 49.7 Å². The molecule has 39 heavy (non-hydrogen) atoms. The van der Waals surface area contributed by atoms with Crippen LogP contribution in [0.1, 0.15) is 11.3 Å². The molecule has 0 aliphatic carbocycles. The van der Waals surface area contributed by atoms with E-state index in [9.17, 15) is 21.6 Å². The van der Waals surface area contributed by atoms with Gasteiger partial charge in [-0.15, -0.1) is 0 Å². The monoisotopic (exact) mass is 575 g/mol. The van der Waals surface area contributed by atoms with Crippen molar-refractivity contribution >= 4 is 21.4 Å². The Kier molecular flexibility index (Phi) is 7.56. The van der Waals surface area contributed by atoms with Gasteiger partial charge in [-0.25, -0.2) is 13.1 Å². The number of hydrogen-bond donors (Lipinski definition) is 0. The van der Waals surface area contributed by atoms with Gasteiger partial charge >= 0.3 is 6.18 Å². The standard InChI is InChI=1S/C28H25ClF3N3O3S/c1-39(36,37)22-6-4-5-19(16-22)23-10-9-20(15-21(23)18-34-11-13-38-14-12-34)26-17-27(28(30,31)32)33-35(26)25-8-3-2-7-24(25)29/h2-10,15-17H,11-14,18H2,1H3. The molecule has 5 rings (SSSR count). The minimum Gasteiger partial charge on any atom is -0.379 e. The Bertz CT molecular complexity index is 1610. The van der Waals surface area contributed by atoms with Crippen molar-refractivity contribution in [3.63, 3.8) is 0 Å². The van der Waals surface area contributed by atoms with Crippen molar-refractivity contribution < 1.29 is 26.3 Å². The summed E-state index contributed by atoms with van der Waals surface area (Å²) in [6, 6.07) is 19.6. The maximum atomic E-state index is 13.7. The topological polar surface area (TPSA) is 64.4 Å². The van der Waals surface area contributed by atoms with Gasteiger partial charge in [-0.1, -0.05) is 48.0 Å². The first-order valence-electron chi connectivity index (χ1n) is 12.2. The second kappa shape index (κ2) is 10.8. The van der Waals surface area contributed by atoms with E-state index in [0.717, 1.165) is 23.4 Å². The van der Waals surface area contributed by atoms with E-state index in [2.05, 4.69) is 10.00 Å². The number of hydrogen-bond acceptors (Lipinski definition) is 5. The fraction of sp³-hybridized carbons (Fsp3) is 0.250. The first-order chi connectivity index (χ1) is 18.5. The minimum absolute atomic E-state index is 0.188. The summed E-state index contributed by atoms with van der Waals surface area (Å²) in [4.78, 5) is 2.38. The van der Waals surface area contributed by atoms with E-state index in [4.69, 9.17) is 16.3 Å². The van der Waals surface area contributed by atoms with Crippen molar-refractivity contribution in [2.24, 2.45) is 0 Å². The van der Waals surface area contributed by atoms with Gasteiger partial charge in [-0.2, -0.15) is 18.3 Å². The normalized spacial score (nSPS) is 15.0. The maximum absolute atomic E-state index is 13.7. The van der Waals surface area contributed by atoms with Crippen LogP contribution < -0.4 is 0 Å². The van der Waals surface area contributed by atoms with Crippen LogP contribution in [0, 0.1) is 0 Å². The molecule has 1 saturated heterocycles. The molecule has 2 heterocycles.